The van der Waals surface area contributed by atoms with E-state index < -0.39 is 40.3 Å². The molecule has 0 saturated carbocycles. The van der Waals surface area contributed by atoms with E-state index in [1.54, 1.807) is 24.0 Å². The van der Waals surface area contributed by atoms with Crippen molar-refractivity contribution in [3.05, 3.63) is 65.9 Å². The Labute approximate surface area is 237 Å². The SMILES string of the molecule is CCS(=O)(=O)c1ccc(CC(=O)Nc2cnc(N3C[C@@H](Oc4ccc(C(F)(F)F)cc4)C[C@H]3COC(F)F)s2)cc1. The molecule has 1 amide bonds. The maximum absolute atomic E-state index is 12.8. The summed E-state index contributed by atoms with van der Waals surface area (Å²) in [4.78, 5) is 18.8. The number of rotatable bonds is 11. The van der Waals surface area contributed by atoms with Crippen LogP contribution in [0.15, 0.2) is 59.6 Å². The smallest absolute Gasteiger partial charge is 0.416 e. The topological polar surface area (TPSA) is 97.8 Å². The molecule has 0 aliphatic carbocycles. The first kappa shape index (κ1) is 30.7. The van der Waals surface area contributed by atoms with Gasteiger partial charge in [0, 0.05) is 6.42 Å². The van der Waals surface area contributed by atoms with Gasteiger partial charge in [-0.05, 0) is 42.0 Å². The van der Waals surface area contributed by atoms with Gasteiger partial charge in [0.05, 0.1) is 48.0 Å². The van der Waals surface area contributed by atoms with E-state index in [2.05, 4.69) is 15.0 Å². The highest BCUT2D eigenvalue weighted by Crippen LogP contribution is 2.35. The molecule has 41 heavy (non-hydrogen) atoms. The Hall–Kier alpha value is -3.30. The molecule has 2 aromatic carbocycles. The molecule has 2 atom stereocenters. The van der Waals surface area contributed by atoms with E-state index in [9.17, 15) is 35.2 Å². The van der Waals surface area contributed by atoms with Gasteiger partial charge >= 0.3 is 12.8 Å². The molecule has 0 bridgehead atoms. The fraction of sp³-hybridized carbons (Fsp3) is 0.385. The summed E-state index contributed by atoms with van der Waals surface area (Å²) in [5.74, 6) is -0.200. The number of benzene rings is 2. The zero-order valence-electron chi connectivity index (χ0n) is 21.6. The van der Waals surface area contributed by atoms with Crippen LogP contribution in [0.1, 0.15) is 24.5 Å². The van der Waals surface area contributed by atoms with Gasteiger partial charge in [-0.3, -0.25) is 4.79 Å². The van der Waals surface area contributed by atoms with Gasteiger partial charge in [0.1, 0.15) is 16.9 Å². The lowest BCUT2D eigenvalue weighted by Crippen LogP contribution is -2.34. The molecule has 222 valence electrons. The van der Waals surface area contributed by atoms with Crippen molar-refractivity contribution in [3.63, 3.8) is 0 Å². The van der Waals surface area contributed by atoms with E-state index in [1.165, 1.54) is 30.5 Å². The largest absolute Gasteiger partial charge is 0.489 e. The van der Waals surface area contributed by atoms with Crippen LogP contribution in [0, 0.1) is 0 Å². The van der Waals surface area contributed by atoms with Crippen LogP contribution in [0.2, 0.25) is 0 Å². The van der Waals surface area contributed by atoms with Crippen molar-refractivity contribution >= 4 is 37.2 Å². The number of carbonyl (C=O) groups is 1. The molecular weight excluding hydrogens is 593 g/mol. The molecule has 1 fully saturated rings. The second-order valence-electron chi connectivity index (χ2n) is 9.18. The average molecular weight is 620 g/mol. The van der Waals surface area contributed by atoms with Crippen molar-refractivity contribution in [3.8, 4) is 5.75 Å². The number of hydrogen-bond acceptors (Lipinski definition) is 8. The van der Waals surface area contributed by atoms with E-state index in [4.69, 9.17) is 4.74 Å². The van der Waals surface area contributed by atoms with Crippen LogP contribution >= 0.6 is 11.3 Å². The van der Waals surface area contributed by atoms with Gasteiger partial charge in [0.15, 0.2) is 15.0 Å². The Morgan fingerprint density at radius 1 is 1.15 bits per heavy atom. The Morgan fingerprint density at radius 3 is 2.44 bits per heavy atom. The minimum Gasteiger partial charge on any atom is -0.489 e. The minimum absolute atomic E-state index is 0.0166. The first-order chi connectivity index (χ1) is 19.3. The van der Waals surface area contributed by atoms with E-state index in [0.29, 0.717) is 15.7 Å². The highest BCUT2D eigenvalue weighted by atomic mass is 32.2. The second kappa shape index (κ2) is 12.7. The van der Waals surface area contributed by atoms with Gasteiger partial charge in [-0.1, -0.05) is 30.4 Å². The number of anilines is 2. The van der Waals surface area contributed by atoms with Gasteiger partial charge in [-0.25, -0.2) is 13.4 Å². The first-order valence-corrected chi connectivity index (χ1v) is 14.9. The molecule has 1 N–H and O–H groups in total. The van der Waals surface area contributed by atoms with E-state index in [0.717, 1.165) is 23.5 Å². The molecule has 4 rings (SSSR count). The van der Waals surface area contributed by atoms with Gasteiger partial charge in [0.2, 0.25) is 5.91 Å². The van der Waals surface area contributed by atoms with Gasteiger partial charge in [0.25, 0.3) is 0 Å². The monoisotopic (exact) mass is 619 g/mol. The maximum Gasteiger partial charge on any atom is 0.416 e. The lowest BCUT2D eigenvalue weighted by atomic mass is 10.1. The van der Waals surface area contributed by atoms with Crippen LogP contribution in [0.25, 0.3) is 0 Å². The number of nitrogens with one attached hydrogen (secondary N) is 1. The standard InChI is InChI=1S/C26H26F5N3O5S2/c1-2-41(36,37)21-9-3-16(4-10-21)11-22(35)33-23-13-32-25(40-23)34-14-20(12-18(34)15-38-24(27)28)39-19-7-5-17(6-8-19)26(29,30)31/h3-10,13,18,20,24H,2,11-12,14-15H2,1H3,(H,33,35)/t18-,20-/m0/s1. The molecule has 2 heterocycles. The number of carbonyl (C=O) groups excluding carboxylic acids is 1. The van der Waals surface area contributed by atoms with Gasteiger partial charge < -0.3 is 19.7 Å². The highest BCUT2D eigenvalue weighted by molar-refractivity contribution is 7.91. The van der Waals surface area contributed by atoms with Crippen molar-refractivity contribution in [1.29, 1.82) is 0 Å². The minimum atomic E-state index is -4.49. The highest BCUT2D eigenvalue weighted by Gasteiger charge is 2.36. The Kier molecular flexibility index (Phi) is 9.49. The molecule has 15 heteroatoms. The van der Waals surface area contributed by atoms with Crippen molar-refractivity contribution in [2.45, 2.75) is 49.6 Å². The number of thiazole rings is 1. The third-order valence-corrected chi connectivity index (χ3v) is 9.00. The normalized spacial score (nSPS) is 17.7. The molecular formula is C26H26F5N3O5S2. The Morgan fingerprint density at radius 2 is 1.83 bits per heavy atom. The van der Waals surface area contributed by atoms with Crippen molar-refractivity contribution in [2.24, 2.45) is 0 Å². The van der Waals surface area contributed by atoms with E-state index in [-0.39, 0.29) is 48.3 Å². The molecule has 0 radical (unpaired) electrons. The molecule has 3 aromatic rings. The van der Waals surface area contributed by atoms with Gasteiger partial charge in [-0.15, -0.1) is 0 Å². The summed E-state index contributed by atoms with van der Waals surface area (Å²) in [6.45, 7) is -1.58. The predicted octanol–water partition coefficient (Wildman–Crippen LogP) is 5.40. The quantitative estimate of drug-likeness (QED) is 0.287. The molecule has 0 spiro atoms. The summed E-state index contributed by atoms with van der Waals surface area (Å²) >= 11 is 1.11. The zero-order chi connectivity index (χ0) is 29.8. The summed E-state index contributed by atoms with van der Waals surface area (Å²) in [6.07, 6.45) is -3.37. The summed E-state index contributed by atoms with van der Waals surface area (Å²) in [5.41, 5.74) is -0.214. The molecule has 0 unspecified atom stereocenters. The number of sulfone groups is 1. The van der Waals surface area contributed by atoms with E-state index in [1.807, 2.05) is 0 Å². The third kappa shape index (κ3) is 8.14. The number of alkyl halides is 5. The predicted molar refractivity (Wildman–Crippen MR) is 142 cm³/mol. The molecule has 1 aliphatic rings. The molecule has 1 saturated heterocycles. The lowest BCUT2D eigenvalue weighted by Gasteiger charge is -2.23. The number of nitrogens with zero attached hydrogens (tertiary/aromatic N) is 2. The average Bonchev–Trinajstić information content (AvgIpc) is 3.54. The van der Waals surface area contributed by atoms with Crippen LogP contribution in [-0.2, 0) is 32.0 Å². The fourth-order valence-electron chi connectivity index (χ4n) is 4.25. The third-order valence-electron chi connectivity index (χ3n) is 6.30. The van der Waals surface area contributed by atoms with Crippen LogP contribution in [0.4, 0.5) is 32.1 Å². The Bertz CT molecular complexity index is 1430. The number of aromatic nitrogens is 1. The summed E-state index contributed by atoms with van der Waals surface area (Å²) in [5, 5.41) is 3.53. The zero-order valence-corrected chi connectivity index (χ0v) is 23.2. The Balaban J connectivity index is 1.40. The molecule has 1 aromatic heterocycles. The fourth-order valence-corrected chi connectivity index (χ4v) is 6.05. The number of ether oxygens (including phenoxy) is 2. The van der Waals surface area contributed by atoms with Crippen molar-refractivity contribution in [1.82, 2.24) is 4.98 Å². The lowest BCUT2D eigenvalue weighted by molar-refractivity contribution is -0.137. The van der Waals surface area contributed by atoms with Crippen LogP contribution < -0.4 is 15.0 Å². The van der Waals surface area contributed by atoms with Crippen molar-refractivity contribution in [2.75, 3.05) is 29.1 Å². The van der Waals surface area contributed by atoms with Crippen molar-refractivity contribution < 1.29 is 44.6 Å². The summed E-state index contributed by atoms with van der Waals surface area (Å²) in [7, 11) is -3.35. The molecule has 1 aliphatic heterocycles. The van der Waals surface area contributed by atoms with Crippen LogP contribution in [0.5, 0.6) is 5.75 Å². The van der Waals surface area contributed by atoms with Crippen LogP contribution in [-0.4, -0.2) is 57.0 Å². The van der Waals surface area contributed by atoms with Gasteiger partial charge in [-0.2, -0.15) is 22.0 Å². The summed E-state index contributed by atoms with van der Waals surface area (Å²) < 4.78 is 98.3. The van der Waals surface area contributed by atoms with E-state index >= 15 is 0 Å². The first-order valence-electron chi connectivity index (χ1n) is 12.4. The molecule has 8 nitrogen and oxygen atoms in total. The van der Waals surface area contributed by atoms with Crippen LogP contribution in [0.3, 0.4) is 0 Å². The number of halogens is 5. The number of amides is 1. The maximum atomic E-state index is 12.8. The second-order valence-corrected chi connectivity index (χ2v) is 12.5. The summed E-state index contributed by atoms with van der Waals surface area (Å²) in [6, 6.07) is 9.66. The number of hydrogen-bond donors (Lipinski definition) is 1.